The highest BCUT2D eigenvalue weighted by Crippen LogP contribution is 2.27. The van der Waals surface area contributed by atoms with Gasteiger partial charge in [-0.2, -0.15) is 12.7 Å². The highest BCUT2D eigenvalue weighted by atomic mass is 35.5. The van der Waals surface area contributed by atoms with Crippen molar-refractivity contribution in [1.29, 1.82) is 0 Å². The Morgan fingerprint density at radius 1 is 0.971 bits per heavy atom. The first-order valence-corrected chi connectivity index (χ1v) is 13.3. The Kier molecular flexibility index (Phi) is 10.4. The molecule has 2 aromatic rings. The lowest BCUT2D eigenvalue weighted by molar-refractivity contribution is -0.139. The average molecular weight is 544 g/mol. The molecule has 0 spiro atoms. The smallest absolute Gasteiger partial charge is 0.304 e. The van der Waals surface area contributed by atoms with Crippen molar-refractivity contribution < 1.29 is 18.0 Å². The van der Waals surface area contributed by atoms with Gasteiger partial charge in [0.05, 0.1) is 5.69 Å². The van der Waals surface area contributed by atoms with E-state index in [4.69, 9.17) is 23.2 Å². The van der Waals surface area contributed by atoms with E-state index in [-0.39, 0.29) is 18.5 Å². The van der Waals surface area contributed by atoms with E-state index in [1.54, 1.807) is 55.5 Å². The van der Waals surface area contributed by atoms with Gasteiger partial charge in [-0.05, 0) is 44.5 Å². The number of hydrogen-bond acceptors (Lipinski definition) is 4. The Balaban J connectivity index is 2.48. The quantitative estimate of drug-likeness (QED) is 0.465. The van der Waals surface area contributed by atoms with Gasteiger partial charge in [0, 0.05) is 42.3 Å². The molecule has 0 saturated heterocycles. The van der Waals surface area contributed by atoms with Gasteiger partial charge < -0.3 is 10.2 Å². The van der Waals surface area contributed by atoms with Gasteiger partial charge in [-0.1, -0.05) is 54.4 Å². The Morgan fingerprint density at radius 3 is 2.06 bits per heavy atom. The maximum absolute atomic E-state index is 13.7. The van der Waals surface area contributed by atoms with Crippen LogP contribution >= 0.6 is 23.2 Å². The molecular weight excluding hydrogens is 511 g/mol. The third-order valence-electron chi connectivity index (χ3n) is 5.62. The molecule has 0 aliphatic heterocycles. The number of anilines is 1. The monoisotopic (exact) mass is 542 g/mol. The Hall–Kier alpha value is -2.33. The number of carbonyl (C=O) groups excluding carboxylic acids is 2. The second-order valence-corrected chi connectivity index (χ2v) is 11.2. The summed E-state index contributed by atoms with van der Waals surface area (Å²) >= 11 is 12.7. The number of nitrogens with one attached hydrogen (secondary N) is 1. The van der Waals surface area contributed by atoms with E-state index in [9.17, 15) is 18.0 Å². The summed E-state index contributed by atoms with van der Waals surface area (Å²) in [6.07, 6.45) is 0.714. The molecule has 0 radical (unpaired) electrons. The molecule has 0 bridgehead atoms. The summed E-state index contributed by atoms with van der Waals surface area (Å²) in [5.41, 5.74) is 0.788. The first-order valence-electron chi connectivity index (χ1n) is 11.2. The highest BCUT2D eigenvalue weighted by molar-refractivity contribution is 7.90. The molecule has 2 atom stereocenters. The van der Waals surface area contributed by atoms with Crippen LogP contribution in [0, 0.1) is 0 Å². The van der Waals surface area contributed by atoms with E-state index < -0.39 is 28.7 Å². The van der Waals surface area contributed by atoms with Crippen molar-refractivity contribution in [1.82, 2.24) is 14.5 Å². The molecule has 0 unspecified atom stereocenters. The molecule has 2 aromatic carbocycles. The Labute approximate surface area is 218 Å². The second kappa shape index (κ2) is 12.6. The summed E-state index contributed by atoms with van der Waals surface area (Å²) in [6.45, 7) is 4.80. The van der Waals surface area contributed by atoms with Gasteiger partial charge in [0.25, 0.3) is 0 Å². The molecule has 192 valence electrons. The zero-order chi connectivity index (χ0) is 26.3. The number of carbonyl (C=O) groups is 2. The van der Waals surface area contributed by atoms with Crippen LogP contribution in [-0.4, -0.2) is 62.2 Å². The summed E-state index contributed by atoms with van der Waals surface area (Å²) in [5, 5.41) is 3.55. The molecule has 2 rings (SSSR count). The molecule has 0 fully saturated rings. The van der Waals surface area contributed by atoms with Crippen LogP contribution in [0.15, 0.2) is 48.5 Å². The van der Waals surface area contributed by atoms with Gasteiger partial charge in [0.1, 0.15) is 12.6 Å². The molecule has 8 nitrogen and oxygen atoms in total. The topological polar surface area (TPSA) is 90.0 Å². The summed E-state index contributed by atoms with van der Waals surface area (Å²) < 4.78 is 28.2. The maximum atomic E-state index is 13.7. The largest absolute Gasteiger partial charge is 0.352 e. The van der Waals surface area contributed by atoms with Gasteiger partial charge in [-0.3, -0.25) is 9.59 Å². The van der Waals surface area contributed by atoms with Crippen LogP contribution in [0.25, 0.3) is 0 Å². The molecule has 11 heteroatoms. The number of hydrogen-bond donors (Lipinski definition) is 1. The standard InChI is InChI=1S/C24H32Cl2N4O4S/c1-6-17(2)27-24(32)18(3)29(15-20-21(25)13-10-14-22(20)26)23(31)16-30(35(33,34)28(4)5)19-11-8-7-9-12-19/h7-14,17-18H,6,15-16H2,1-5H3,(H,27,32)/t17-,18+/m1/s1. The van der Waals surface area contributed by atoms with Crippen LogP contribution in [0.2, 0.25) is 10.0 Å². The summed E-state index contributed by atoms with van der Waals surface area (Å²) in [7, 11) is -1.24. The number of para-hydroxylation sites is 1. The third kappa shape index (κ3) is 7.33. The Bertz CT molecular complexity index is 1110. The first kappa shape index (κ1) is 28.9. The first-order chi connectivity index (χ1) is 16.4. The molecular formula is C24H32Cl2N4O4S. The van der Waals surface area contributed by atoms with E-state index in [1.807, 2.05) is 13.8 Å². The predicted molar refractivity (Wildman–Crippen MR) is 141 cm³/mol. The fourth-order valence-corrected chi connectivity index (χ4v) is 4.79. The lowest BCUT2D eigenvalue weighted by atomic mass is 10.1. The van der Waals surface area contributed by atoms with Gasteiger partial charge in [0.15, 0.2) is 0 Å². The van der Waals surface area contributed by atoms with E-state index in [0.717, 1.165) is 8.61 Å². The van der Waals surface area contributed by atoms with Crippen molar-refractivity contribution in [3.63, 3.8) is 0 Å². The zero-order valence-electron chi connectivity index (χ0n) is 20.5. The van der Waals surface area contributed by atoms with E-state index in [2.05, 4.69) is 5.32 Å². The third-order valence-corrected chi connectivity index (χ3v) is 8.15. The summed E-state index contributed by atoms with van der Waals surface area (Å²) in [5.74, 6) is -0.945. The van der Waals surface area contributed by atoms with Crippen LogP contribution in [-0.2, 0) is 26.3 Å². The fourth-order valence-electron chi connectivity index (χ4n) is 3.21. The zero-order valence-corrected chi connectivity index (χ0v) is 22.9. The highest BCUT2D eigenvalue weighted by Gasteiger charge is 2.33. The fraction of sp³-hybridized carbons (Fsp3) is 0.417. The summed E-state index contributed by atoms with van der Waals surface area (Å²) in [4.78, 5) is 27.9. The van der Waals surface area contributed by atoms with Crippen LogP contribution < -0.4 is 9.62 Å². The van der Waals surface area contributed by atoms with Crippen molar-refractivity contribution >= 4 is 50.9 Å². The molecule has 2 amide bonds. The van der Waals surface area contributed by atoms with E-state index in [1.165, 1.54) is 19.0 Å². The van der Waals surface area contributed by atoms with Crippen LogP contribution in [0.3, 0.4) is 0 Å². The number of rotatable bonds is 11. The Morgan fingerprint density at radius 2 is 1.54 bits per heavy atom. The molecule has 0 aliphatic rings. The van der Waals surface area contributed by atoms with Gasteiger partial charge in [-0.15, -0.1) is 0 Å². The minimum absolute atomic E-state index is 0.0723. The molecule has 35 heavy (non-hydrogen) atoms. The SMILES string of the molecule is CC[C@@H](C)NC(=O)[C@H](C)N(Cc1c(Cl)cccc1Cl)C(=O)CN(c1ccccc1)S(=O)(=O)N(C)C. The molecule has 0 aliphatic carbocycles. The summed E-state index contributed by atoms with van der Waals surface area (Å²) in [6, 6.07) is 12.3. The molecule has 1 N–H and O–H groups in total. The predicted octanol–water partition coefficient (Wildman–Crippen LogP) is 3.94. The normalized spacial score (nSPS) is 13.3. The van der Waals surface area contributed by atoms with E-state index in [0.29, 0.717) is 27.7 Å². The molecule has 0 aromatic heterocycles. The number of halogens is 2. The van der Waals surface area contributed by atoms with Crippen molar-refractivity contribution in [2.45, 2.75) is 45.8 Å². The number of nitrogens with zero attached hydrogens (tertiary/aromatic N) is 3. The lowest BCUT2D eigenvalue weighted by Crippen LogP contribution is -2.53. The van der Waals surface area contributed by atoms with Crippen LogP contribution in [0.1, 0.15) is 32.8 Å². The average Bonchev–Trinajstić information content (AvgIpc) is 2.82. The lowest BCUT2D eigenvalue weighted by Gasteiger charge is -2.33. The number of amides is 2. The van der Waals surface area contributed by atoms with Gasteiger partial charge >= 0.3 is 10.2 Å². The van der Waals surface area contributed by atoms with Gasteiger partial charge in [-0.25, -0.2) is 4.31 Å². The van der Waals surface area contributed by atoms with E-state index >= 15 is 0 Å². The van der Waals surface area contributed by atoms with Crippen LogP contribution in [0.5, 0.6) is 0 Å². The van der Waals surface area contributed by atoms with Crippen molar-refractivity contribution in [3.05, 3.63) is 64.1 Å². The second-order valence-electron chi connectivity index (χ2n) is 8.35. The van der Waals surface area contributed by atoms with Gasteiger partial charge in [0.2, 0.25) is 11.8 Å². The van der Waals surface area contributed by atoms with Crippen molar-refractivity contribution in [2.24, 2.45) is 0 Å². The number of benzene rings is 2. The van der Waals surface area contributed by atoms with Crippen LogP contribution in [0.4, 0.5) is 5.69 Å². The van der Waals surface area contributed by atoms with Crippen molar-refractivity contribution in [2.75, 3.05) is 24.9 Å². The van der Waals surface area contributed by atoms with Crippen molar-refractivity contribution in [3.8, 4) is 0 Å². The minimum Gasteiger partial charge on any atom is -0.352 e. The minimum atomic E-state index is -4.01. The molecule has 0 saturated carbocycles. The maximum Gasteiger partial charge on any atom is 0.304 e. The molecule has 0 heterocycles.